The predicted molar refractivity (Wildman–Crippen MR) is 105 cm³/mol. The van der Waals surface area contributed by atoms with Crippen LogP contribution < -0.4 is 4.74 Å². The number of aromatic nitrogens is 1. The maximum absolute atomic E-state index is 13.4. The Balaban J connectivity index is 1.36. The summed E-state index contributed by atoms with van der Waals surface area (Å²) in [6, 6.07) is 9.38. The van der Waals surface area contributed by atoms with E-state index in [-0.39, 0.29) is 17.9 Å². The van der Waals surface area contributed by atoms with Crippen molar-refractivity contribution in [1.29, 1.82) is 0 Å². The number of fused-ring (bicyclic) bond motifs is 1. The van der Waals surface area contributed by atoms with Crippen molar-refractivity contribution < 1.29 is 23.6 Å². The van der Waals surface area contributed by atoms with Crippen LogP contribution in [0.3, 0.4) is 0 Å². The summed E-state index contributed by atoms with van der Waals surface area (Å²) in [6.07, 6.45) is 4.99. The van der Waals surface area contributed by atoms with Gasteiger partial charge in [0.1, 0.15) is 23.3 Å². The molecule has 0 aliphatic carbocycles. The standard InChI is InChI=1S/C22H23N3O5/c1-24(12-15-7-9-29-23-15)20(26)18-17-6-8-22(30-17)13-25(21(27)19(18)22)11-14-4-3-5-16(10-14)28-2/h3-10,17-19H,11-13H2,1-2H3/t17-,18?,19?,22-/m1/s1. The van der Waals surface area contributed by atoms with E-state index < -0.39 is 17.4 Å². The lowest BCUT2D eigenvalue weighted by molar-refractivity contribution is -0.143. The van der Waals surface area contributed by atoms with Crippen LogP contribution in [-0.2, 0) is 27.4 Å². The van der Waals surface area contributed by atoms with Gasteiger partial charge in [0.05, 0.1) is 38.1 Å². The zero-order valence-corrected chi connectivity index (χ0v) is 16.9. The Labute approximate surface area is 174 Å². The van der Waals surface area contributed by atoms with Crippen LogP contribution in [0.15, 0.2) is 53.3 Å². The molecule has 0 N–H and O–H groups in total. The summed E-state index contributed by atoms with van der Waals surface area (Å²) in [5, 5.41) is 3.87. The number of likely N-dealkylation sites (tertiary alicyclic amines) is 1. The van der Waals surface area contributed by atoms with Crippen molar-refractivity contribution in [2.75, 3.05) is 20.7 Å². The molecule has 30 heavy (non-hydrogen) atoms. The molecular formula is C22H23N3O5. The van der Waals surface area contributed by atoms with E-state index in [0.29, 0.717) is 25.3 Å². The first-order chi connectivity index (χ1) is 14.5. The molecule has 2 fully saturated rings. The molecule has 1 aromatic carbocycles. The summed E-state index contributed by atoms with van der Waals surface area (Å²) >= 11 is 0. The second-order valence-electron chi connectivity index (χ2n) is 8.13. The normalized spacial score (nSPS) is 28.8. The largest absolute Gasteiger partial charge is 0.497 e. The lowest BCUT2D eigenvalue weighted by atomic mass is 9.76. The van der Waals surface area contributed by atoms with Crippen LogP contribution in [0, 0.1) is 11.8 Å². The van der Waals surface area contributed by atoms with Crippen LogP contribution in [-0.4, -0.2) is 59.2 Å². The molecule has 1 spiro atoms. The molecule has 2 bridgehead atoms. The molecule has 2 unspecified atom stereocenters. The third kappa shape index (κ3) is 2.90. The number of ether oxygens (including phenoxy) is 2. The van der Waals surface area contributed by atoms with Crippen LogP contribution >= 0.6 is 0 Å². The first-order valence-corrected chi connectivity index (χ1v) is 9.94. The highest BCUT2D eigenvalue weighted by atomic mass is 16.5. The maximum Gasteiger partial charge on any atom is 0.230 e. The number of nitrogens with zero attached hydrogens (tertiary/aromatic N) is 3. The van der Waals surface area contributed by atoms with Crippen molar-refractivity contribution >= 4 is 11.8 Å². The first kappa shape index (κ1) is 18.9. The second-order valence-corrected chi connectivity index (χ2v) is 8.13. The fraction of sp³-hybridized carbons (Fsp3) is 0.409. The molecule has 8 heteroatoms. The number of hydrogen-bond donors (Lipinski definition) is 0. The third-order valence-electron chi connectivity index (χ3n) is 6.24. The number of carbonyl (C=O) groups excluding carboxylic acids is 2. The van der Waals surface area contributed by atoms with Gasteiger partial charge in [-0.05, 0) is 17.7 Å². The number of benzene rings is 1. The summed E-state index contributed by atoms with van der Waals surface area (Å²) in [6.45, 7) is 1.22. The first-order valence-electron chi connectivity index (χ1n) is 9.94. The zero-order chi connectivity index (χ0) is 20.9. The van der Waals surface area contributed by atoms with E-state index in [1.54, 1.807) is 30.0 Å². The van der Waals surface area contributed by atoms with Crippen molar-refractivity contribution in [2.45, 2.75) is 24.8 Å². The molecule has 156 valence electrons. The molecule has 4 atom stereocenters. The van der Waals surface area contributed by atoms with E-state index in [1.807, 2.05) is 36.4 Å². The van der Waals surface area contributed by atoms with Crippen molar-refractivity contribution in [1.82, 2.24) is 15.0 Å². The van der Waals surface area contributed by atoms with Gasteiger partial charge in [-0.15, -0.1) is 0 Å². The van der Waals surface area contributed by atoms with Gasteiger partial charge >= 0.3 is 0 Å². The summed E-state index contributed by atoms with van der Waals surface area (Å²) in [5.41, 5.74) is 0.913. The molecule has 2 amide bonds. The molecule has 2 saturated heterocycles. The second kappa shape index (κ2) is 6.98. The van der Waals surface area contributed by atoms with Gasteiger partial charge in [0.25, 0.3) is 0 Å². The molecule has 4 heterocycles. The van der Waals surface area contributed by atoms with E-state index in [2.05, 4.69) is 5.16 Å². The quantitative estimate of drug-likeness (QED) is 0.674. The number of rotatable bonds is 6. The zero-order valence-electron chi connectivity index (χ0n) is 16.9. The monoisotopic (exact) mass is 409 g/mol. The van der Waals surface area contributed by atoms with Gasteiger partial charge in [-0.1, -0.05) is 29.4 Å². The molecule has 3 aliphatic heterocycles. The van der Waals surface area contributed by atoms with Gasteiger partial charge in [-0.3, -0.25) is 9.59 Å². The Morgan fingerprint density at radius 3 is 3.03 bits per heavy atom. The van der Waals surface area contributed by atoms with Crippen LogP contribution in [0.2, 0.25) is 0 Å². The summed E-state index contributed by atoms with van der Waals surface area (Å²) in [7, 11) is 3.33. The lowest BCUT2D eigenvalue weighted by Crippen LogP contribution is -2.44. The summed E-state index contributed by atoms with van der Waals surface area (Å²) in [5.74, 6) is -0.453. The van der Waals surface area contributed by atoms with Crippen molar-refractivity contribution in [2.24, 2.45) is 11.8 Å². The minimum atomic E-state index is -0.727. The lowest BCUT2D eigenvalue weighted by Gasteiger charge is -2.27. The highest BCUT2D eigenvalue weighted by molar-refractivity contribution is 5.93. The fourth-order valence-corrected chi connectivity index (χ4v) is 4.88. The molecule has 3 aliphatic rings. The van der Waals surface area contributed by atoms with Gasteiger partial charge in [0, 0.05) is 19.7 Å². The minimum Gasteiger partial charge on any atom is -0.497 e. The molecule has 2 aromatic rings. The Kier molecular flexibility index (Phi) is 4.39. The average Bonchev–Trinajstić information content (AvgIpc) is 3.51. The van der Waals surface area contributed by atoms with E-state index in [9.17, 15) is 9.59 Å². The van der Waals surface area contributed by atoms with Gasteiger partial charge < -0.3 is 23.8 Å². The molecular weight excluding hydrogens is 386 g/mol. The van der Waals surface area contributed by atoms with Crippen LogP contribution in [0.25, 0.3) is 0 Å². The Hall–Kier alpha value is -3.13. The SMILES string of the molecule is COc1cccc(CN2C[C@@]34C=C[C@@H](O3)C(C(=O)N(C)Cc3ccon3)C4C2=O)c1. The van der Waals surface area contributed by atoms with Crippen LogP contribution in [0.1, 0.15) is 11.3 Å². The maximum atomic E-state index is 13.4. The van der Waals surface area contributed by atoms with E-state index in [0.717, 1.165) is 11.3 Å². The Morgan fingerprint density at radius 1 is 1.40 bits per heavy atom. The third-order valence-corrected chi connectivity index (χ3v) is 6.24. The van der Waals surface area contributed by atoms with Gasteiger partial charge in [-0.2, -0.15) is 0 Å². The smallest absolute Gasteiger partial charge is 0.230 e. The fourth-order valence-electron chi connectivity index (χ4n) is 4.88. The van der Waals surface area contributed by atoms with E-state index in [4.69, 9.17) is 14.0 Å². The van der Waals surface area contributed by atoms with Crippen molar-refractivity contribution in [3.63, 3.8) is 0 Å². The number of methoxy groups -OCH3 is 1. The highest BCUT2D eigenvalue weighted by Gasteiger charge is 2.67. The summed E-state index contributed by atoms with van der Waals surface area (Å²) < 4.78 is 16.3. The number of hydrogen-bond acceptors (Lipinski definition) is 6. The van der Waals surface area contributed by atoms with Gasteiger partial charge in [0.15, 0.2) is 0 Å². The minimum absolute atomic E-state index is 0.0437. The highest BCUT2D eigenvalue weighted by Crippen LogP contribution is 2.52. The Morgan fingerprint density at radius 2 is 2.27 bits per heavy atom. The molecule has 0 saturated carbocycles. The van der Waals surface area contributed by atoms with Gasteiger partial charge in [0.2, 0.25) is 11.8 Å². The topological polar surface area (TPSA) is 85.1 Å². The number of carbonyl (C=O) groups is 2. The van der Waals surface area contributed by atoms with Crippen molar-refractivity contribution in [3.8, 4) is 5.75 Å². The molecule has 8 nitrogen and oxygen atoms in total. The van der Waals surface area contributed by atoms with Crippen LogP contribution in [0.4, 0.5) is 0 Å². The molecule has 0 radical (unpaired) electrons. The van der Waals surface area contributed by atoms with E-state index in [1.165, 1.54) is 6.26 Å². The molecule has 1 aromatic heterocycles. The number of amides is 2. The van der Waals surface area contributed by atoms with Crippen molar-refractivity contribution in [3.05, 3.63) is 60.0 Å². The van der Waals surface area contributed by atoms with E-state index >= 15 is 0 Å². The van der Waals surface area contributed by atoms with Crippen LogP contribution in [0.5, 0.6) is 5.75 Å². The Bertz CT molecular complexity index is 1000. The average molecular weight is 409 g/mol. The van der Waals surface area contributed by atoms with Gasteiger partial charge in [-0.25, -0.2) is 0 Å². The summed E-state index contributed by atoms with van der Waals surface area (Å²) in [4.78, 5) is 30.0. The predicted octanol–water partition coefficient (Wildman–Crippen LogP) is 1.62. The molecule has 5 rings (SSSR count).